The number of fused-ring (bicyclic) bond motifs is 4. The van der Waals surface area contributed by atoms with Crippen molar-refractivity contribution >= 4 is 75.1 Å². The molecule has 0 bridgehead atoms. The van der Waals surface area contributed by atoms with E-state index in [1.165, 1.54) is 6.07 Å². The van der Waals surface area contributed by atoms with Gasteiger partial charge in [-0.1, -0.05) is 72.8 Å². The quantitative estimate of drug-likeness (QED) is 0.113. The number of aromatic nitrogens is 2. The molecule has 2 saturated heterocycles. The van der Waals surface area contributed by atoms with Crippen LogP contribution in [0.2, 0.25) is 10.0 Å². The zero-order valence-corrected chi connectivity index (χ0v) is 40.7. The Morgan fingerprint density at radius 1 is 0.871 bits per heavy atom. The van der Waals surface area contributed by atoms with Gasteiger partial charge in [0.15, 0.2) is 0 Å². The van der Waals surface area contributed by atoms with Crippen molar-refractivity contribution in [2.24, 2.45) is 18.4 Å². The highest BCUT2D eigenvalue weighted by Gasteiger charge is 2.72. The smallest absolute Gasteiger partial charge is 0.329 e. The van der Waals surface area contributed by atoms with Crippen molar-refractivity contribution in [2.45, 2.75) is 125 Å². The number of aryl methyl sites for hydroxylation is 1. The van der Waals surface area contributed by atoms with Gasteiger partial charge in [0.25, 0.3) is 5.91 Å². The van der Waals surface area contributed by atoms with Gasteiger partial charge in [-0.3, -0.25) is 43.7 Å². The molecular formula is C54H56Cl2FN7O6. The van der Waals surface area contributed by atoms with Gasteiger partial charge in [0.05, 0.1) is 22.1 Å². The molecule has 5 aromatic rings. The number of imide groups is 1. The minimum absolute atomic E-state index is 0.0810. The standard InChI is InChI=1S/C54H56Cl2FN7O6/c1-62(35-20-24-52(25-21-35)28-30(29-52)26-32-8-6-11-40-46(32)63(2)51(70)64(40)41-18-19-42(65)60-47(41)66)49(68)31-12-15-34(16-13-31)58-48(67)45-43(36-9-7-10-38(56)44(36)57)54(53(61-45)22-4-3-5-23-53)37-17-14-33(55)27-39(37)59-50(54)69/h6-17,27,30,35,41,43,45,61H,3-5,18-26,28-29H2,1-2H3,(H,58,67)(H,59,69)(H,60,65,66)/t30?,35?,41?,43-,45+,52?,54+/m0/s1. The van der Waals surface area contributed by atoms with Crippen molar-refractivity contribution in [3.05, 3.63) is 127 Å². The number of nitrogens with one attached hydrogen (secondary N) is 4. The van der Waals surface area contributed by atoms with Gasteiger partial charge in [-0.2, -0.15) is 0 Å². The highest BCUT2D eigenvalue weighted by atomic mass is 35.5. The van der Waals surface area contributed by atoms with Gasteiger partial charge in [0.1, 0.15) is 17.3 Å². The van der Waals surface area contributed by atoms with Crippen molar-refractivity contribution in [2.75, 3.05) is 17.7 Å². The van der Waals surface area contributed by atoms with Gasteiger partial charge < -0.3 is 15.5 Å². The summed E-state index contributed by atoms with van der Waals surface area (Å²) in [4.78, 5) is 83.3. The molecule has 16 heteroatoms. The average molecular weight is 989 g/mol. The summed E-state index contributed by atoms with van der Waals surface area (Å²) >= 11 is 12.9. The van der Waals surface area contributed by atoms with Crippen LogP contribution in [0.1, 0.15) is 122 Å². The number of carbonyl (C=O) groups is 5. The molecule has 70 heavy (non-hydrogen) atoms. The number of anilines is 2. The van der Waals surface area contributed by atoms with Crippen LogP contribution in [0.15, 0.2) is 83.7 Å². The molecule has 364 valence electrons. The van der Waals surface area contributed by atoms with Crippen LogP contribution < -0.4 is 27.0 Å². The minimum atomic E-state index is -1.35. The number of imidazole rings is 1. The molecule has 3 saturated carbocycles. The van der Waals surface area contributed by atoms with Crippen molar-refractivity contribution in [1.29, 1.82) is 0 Å². The van der Waals surface area contributed by atoms with Crippen molar-refractivity contribution in [3.8, 4) is 0 Å². The predicted octanol–water partition coefficient (Wildman–Crippen LogP) is 8.70. The number of benzene rings is 4. The molecule has 4 N–H and O–H groups in total. The van der Waals surface area contributed by atoms with Crippen LogP contribution >= 0.6 is 23.2 Å². The number of hydrogen-bond donors (Lipinski definition) is 4. The van der Waals surface area contributed by atoms with Crippen molar-refractivity contribution in [1.82, 2.24) is 24.7 Å². The van der Waals surface area contributed by atoms with Gasteiger partial charge >= 0.3 is 5.69 Å². The Balaban J connectivity index is 0.753. The number of halogens is 3. The fourth-order valence-electron chi connectivity index (χ4n) is 14.0. The van der Waals surface area contributed by atoms with E-state index in [1.807, 2.05) is 30.1 Å². The molecule has 3 aliphatic heterocycles. The van der Waals surface area contributed by atoms with Gasteiger partial charge in [0.2, 0.25) is 23.6 Å². The summed E-state index contributed by atoms with van der Waals surface area (Å²) in [7, 11) is 3.61. The number of hydrogen-bond acceptors (Lipinski definition) is 7. The summed E-state index contributed by atoms with van der Waals surface area (Å²) in [5.41, 5.74) is 2.72. The Kier molecular flexibility index (Phi) is 11.6. The third-order valence-corrected chi connectivity index (χ3v) is 17.8. The highest BCUT2D eigenvalue weighted by Crippen LogP contribution is 2.63. The van der Waals surface area contributed by atoms with E-state index in [-0.39, 0.29) is 51.9 Å². The number of amides is 5. The topological polar surface area (TPSA) is 164 Å². The Bertz CT molecular complexity index is 3060. The Morgan fingerprint density at radius 3 is 2.33 bits per heavy atom. The van der Waals surface area contributed by atoms with E-state index >= 15 is 4.39 Å². The van der Waals surface area contributed by atoms with Crippen LogP contribution in [0.5, 0.6) is 0 Å². The minimum Gasteiger partial charge on any atom is -0.339 e. The number of piperidine rings is 1. The van der Waals surface area contributed by atoms with E-state index in [1.54, 1.807) is 64.7 Å². The molecule has 4 aromatic carbocycles. The van der Waals surface area contributed by atoms with Crippen LogP contribution in [0.25, 0.3) is 11.0 Å². The van der Waals surface area contributed by atoms with Crippen LogP contribution in [0, 0.1) is 17.2 Å². The molecule has 1 unspecified atom stereocenters. The molecule has 6 aliphatic rings. The molecule has 3 aliphatic carbocycles. The van der Waals surface area contributed by atoms with E-state index in [0.717, 1.165) is 75.3 Å². The molecule has 11 rings (SSSR count). The van der Waals surface area contributed by atoms with E-state index in [0.29, 0.717) is 58.2 Å². The van der Waals surface area contributed by atoms with Crippen LogP contribution in [0.4, 0.5) is 15.8 Å². The SMILES string of the molecule is CN(C(=O)c1ccc(NC(=O)[C@@H]2NC3(CCCCC3)[C@@]3(C(=O)Nc4cc(Cl)ccc43)[C@H]2c2cccc(Cl)c2F)cc1)C1CCC2(CC1)CC(Cc1cccc3c1n(C)c(=O)n3C1CCC(=O)NC1=O)C2. The van der Waals surface area contributed by atoms with Gasteiger partial charge in [-0.15, -0.1) is 0 Å². The molecule has 13 nitrogen and oxygen atoms in total. The Labute approximate surface area is 414 Å². The summed E-state index contributed by atoms with van der Waals surface area (Å²) in [6, 6.07) is 21.1. The van der Waals surface area contributed by atoms with Crippen molar-refractivity contribution < 1.29 is 28.4 Å². The second-order valence-corrected chi connectivity index (χ2v) is 21.8. The first-order valence-electron chi connectivity index (χ1n) is 24.7. The van der Waals surface area contributed by atoms with E-state index < -0.39 is 46.6 Å². The molecule has 3 spiro atoms. The fourth-order valence-corrected chi connectivity index (χ4v) is 14.4. The van der Waals surface area contributed by atoms with E-state index in [9.17, 15) is 28.8 Å². The summed E-state index contributed by atoms with van der Waals surface area (Å²) in [5, 5.41) is 12.5. The first kappa shape index (κ1) is 46.5. The molecule has 0 radical (unpaired) electrons. The monoisotopic (exact) mass is 987 g/mol. The lowest BCUT2D eigenvalue weighted by molar-refractivity contribution is -0.135. The zero-order valence-electron chi connectivity index (χ0n) is 39.2. The predicted molar refractivity (Wildman–Crippen MR) is 266 cm³/mol. The zero-order chi connectivity index (χ0) is 48.9. The number of carbonyl (C=O) groups excluding carboxylic acids is 5. The van der Waals surface area contributed by atoms with E-state index in [2.05, 4.69) is 27.3 Å². The molecule has 1 aromatic heterocycles. The third-order valence-electron chi connectivity index (χ3n) is 17.2. The van der Waals surface area contributed by atoms with Gasteiger partial charge in [-0.25, -0.2) is 9.18 Å². The first-order valence-corrected chi connectivity index (χ1v) is 25.4. The van der Waals surface area contributed by atoms with Gasteiger partial charge in [0, 0.05) is 60.0 Å². The molecule has 5 amide bonds. The fraction of sp³-hybridized carbons (Fsp3) is 0.444. The molecular weight excluding hydrogens is 933 g/mol. The summed E-state index contributed by atoms with van der Waals surface area (Å²) in [6.45, 7) is 0. The summed E-state index contributed by atoms with van der Waals surface area (Å²) < 4.78 is 19.5. The lowest BCUT2D eigenvalue weighted by Crippen LogP contribution is -2.60. The lowest BCUT2D eigenvalue weighted by Gasteiger charge is -2.53. The normalized spacial score (nSPS) is 27.9. The lowest BCUT2D eigenvalue weighted by atomic mass is 9.54. The second kappa shape index (κ2) is 17.5. The first-order chi connectivity index (χ1) is 33.6. The molecule has 5 fully saturated rings. The maximum absolute atomic E-state index is 16.4. The Morgan fingerprint density at radius 2 is 1.60 bits per heavy atom. The maximum atomic E-state index is 16.4. The van der Waals surface area contributed by atoms with Crippen LogP contribution in [-0.2, 0) is 38.1 Å². The third kappa shape index (κ3) is 7.33. The Hall–Kier alpha value is -5.83. The largest absolute Gasteiger partial charge is 0.339 e. The second-order valence-electron chi connectivity index (χ2n) is 21.0. The van der Waals surface area contributed by atoms with E-state index in [4.69, 9.17) is 23.2 Å². The molecule has 4 heterocycles. The highest BCUT2D eigenvalue weighted by molar-refractivity contribution is 6.31. The maximum Gasteiger partial charge on any atom is 0.329 e. The summed E-state index contributed by atoms with van der Waals surface area (Å²) in [6.07, 6.45) is 11.1. The van der Waals surface area contributed by atoms with Crippen LogP contribution in [-0.4, -0.2) is 68.2 Å². The average Bonchev–Trinajstić information content (AvgIpc) is 3.90. The summed E-state index contributed by atoms with van der Waals surface area (Å²) in [5.74, 6) is -2.79. The van der Waals surface area contributed by atoms with Crippen LogP contribution in [0.3, 0.4) is 0 Å². The number of nitrogens with zero attached hydrogens (tertiary/aromatic N) is 3. The number of para-hydroxylation sites is 1. The number of rotatable bonds is 8. The van der Waals surface area contributed by atoms with Gasteiger partial charge in [-0.05, 0) is 141 Å². The molecule has 4 atom stereocenters. The van der Waals surface area contributed by atoms with Crippen molar-refractivity contribution in [3.63, 3.8) is 0 Å².